The van der Waals surface area contributed by atoms with Crippen molar-refractivity contribution >= 4 is 63.2 Å². The fourth-order valence-electron chi connectivity index (χ4n) is 3.32. The smallest absolute Gasteiger partial charge is 0.338 e. The lowest BCUT2D eigenvalue weighted by Crippen LogP contribution is -2.52. The van der Waals surface area contributed by atoms with Crippen molar-refractivity contribution in [1.29, 1.82) is 0 Å². The molecule has 0 bridgehead atoms. The molecule has 1 saturated heterocycles. The van der Waals surface area contributed by atoms with Gasteiger partial charge in [-0.25, -0.2) is 4.79 Å². The van der Waals surface area contributed by atoms with Crippen LogP contribution in [0.5, 0.6) is 0 Å². The van der Waals surface area contributed by atoms with Crippen LogP contribution in [0.2, 0.25) is 0 Å². The van der Waals surface area contributed by atoms with Crippen LogP contribution in [-0.4, -0.2) is 59.6 Å². The number of carbonyl (C=O) groups is 2. The maximum atomic E-state index is 12.5. The topological polar surface area (TPSA) is 105 Å². The van der Waals surface area contributed by atoms with Gasteiger partial charge in [0, 0.05) is 35.8 Å². The number of amides is 1. The van der Waals surface area contributed by atoms with Gasteiger partial charge in [-0.1, -0.05) is 12.1 Å². The molecule has 32 heavy (non-hydrogen) atoms. The van der Waals surface area contributed by atoms with Gasteiger partial charge in [0.05, 0.1) is 22.7 Å². The highest BCUT2D eigenvalue weighted by Gasteiger charge is 2.27. The maximum Gasteiger partial charge on any atom is 0.338 e. The van der Waals surface area contributed by atoms with Gasteiger partial charge in [-0.05, 0) is 66.0 Å². The molecule has 2 aromatic carbocycles. The number of nitrogens with zero attached hydrogens (tertiary/aromatic N) is 3. The predicted octanol–water partition coefficient (Wildman–Crippen LogP) is 3.21. The first-order valence-corrected chi connectivity index (χ1v) is 11.4. The van der Waals surface area contributed by atoms with E-state index in [4.69, 9.17) is 17.0 Å². The van der Waals surface area contributed by atoms with E-state index < -0.39 is 10.9 Å². The predicted molar refractivity (Wildman–Crippen MR) is 132 cm³/mol. The van der Waals surface area contributed by atoms with Gasteiger partial charge in [-0.15, -0.1) is 0 Å². The van der Waals surface area contributed by atoms with E-state index >= 15 is 0 Å². The average molecular weight is 568 g/mol. The normalized spacial score (nSPS) is 13.4. The van der Waals surface area contributed by atoms with Crippen LogP contribution < -0.4 is 10.2 Å². The number of halogens is 1. The molecule has 0 saturated carbocycles. The molecule has 11 heteroatoms. The van der Waals surface area contributed by atoms with E-state index in [-0.39, 0.29) is 23.8 Å². The number of anilines is 1. The second kappa shape index (κ2) is 10.7. The lowest BCUT2D eigenvalue weighted by molar-refractivity contribution is -0.384. The Morgan fingerprint density at radius 2 is 1.88 bits per heavy atom. The highest BCUT2D eigenvalue weighted by molar-refractivity contribution is 14.1. The zero-order valence-corrected chi connectivity index (χ0v) is 20.2. The van der Waals surface area contributed by atoms with Gasteiger partial charge >= 0.3 is 5.97 Å². The largest absolute Gasteiger partial charge is 0.462 e. The number of esters is 1. The van der Waals surface area contributed by atoms with Crippen molar-refractivity contribution in [3.8, 4) is 0 Å². The lowest BCUT2D eigenvalue weighted by Gasteiger charge is -2.37. The zero-order valence-electron chi connectivity index (χ0n) is 17.2. The first-order valence-electron chi connectivity index (χ1n) is 9.87. The van der Waals surface area contributed by atoms with Gasteiger partial charge in [-0.2, -0.15) is 0 Å². The van der Waals surface area contributed by atoms with Crippen molar-refractivity contribution in [3.63, 3.8) is 0 Å². The van der Waals surface area contributed by atoms with Crippen LogP contribution in [0.25, 0.3) is 0 Å². The summed E-state index contributed by atoms with van der Waals surface area (Å²) in [5, 5.41) is 14.7. The first kappa shape index (κ1) is 23.9. The summed E-state index contributed by atoms with van der Waals surface area (Å²) in [7, 11) is 0. The number of benzene rings is 2. The van der Waals surface area contributed by atoms with Crippen LogP contribution in [0, 0.1) is 13.7 Å². The molecule has 3 rings (SSSR count). The van der Waals surface area contributed by atoms with Gasteiger partial charge < -0.3 is 14.5 Å². The Labute approximate surface area is 204 Å². The number of rotatable bonds is 5. The Hall–Kier alpha value is -2.80. The maximum absolute atomic E-state index is 12.5. The molecule has 0 aromatic heterocycles. The first-order chi connectivity index (χ1) is 15.3. The Bertz CT molecular complexity index is 1060. The number of thiocarbonyl (C=S) groups is 1. The molecule has 1 amide bonds. The van der Waals surface area contributed by atoms with E-state index in [9.17, 15) is 19.7 Å². The third-order valence-corrected chi connectivity index (χ3v) is 6.23. The molecule has 1 aliphatic heterocycles. The molecule has 0 radical (unpaired) electrons. The number of nitro groups is 1. The minimum atomic E-state index is -0.596. The van der Waals surface area contributed by atoms with Crippen LogP contribution in [0.15, 0.2) is 42.5 Å². The SMILES string of the molecule is CCOC(=O)c1ccc(N2CCN(C(=S)NC(=O)c3ccccc3I)CC2)c([N+](=O)[O-])c1. The van der Waals surface area contributed by atoms with E-state index in [2.05, 4.69) is 27.9 Å². The van der Waals surface area contributed by atoms with Crippen molar-refractivity contribution in [1.82, 2.24) is 10.2 Å². The number of carbonyl (C=O) groups excluding carboxylic acids is 2. The van der Waals surface area contributed by atoms with Crippen LogP contribution in [0.4, 0.5) is 11.4 Å². The van der Waals surface area contributed by atoms with Crippen molar-refractivity contribution < 1.29 is 19.2 Å². The molecule has 9 nitrogen and oxygen atoms in total. The van der Waals surface area contributed by atoms with Crippen molar-refractivity contribution in [2.45, 2.75) is 6.92 Å². The van der Waals surface area contributed by atoms with E-state index in [1.807, 2.05) is 21.9 Å². The summed E-state index contributed by atoms with van der Waals surface area (Å²) in [5.74, 6) is -0.867. The van der Waals surface area contributed by atoms with Crippen molar-refractivity contribution in [2.24, 2.45) is 0 Å². The number of hydrogen-bond acceptors (Lipinski definition) is 7. The molecule has 2 aromatic rings. The molecular formula is C21H21IN4O5S. The molecule has 1 N–H and O–H groups in total. The third-order valence-electron chi connectivity index (χ3n) is 4.93. The molecule has 1 aliphatic rings. The molecule has 1 heterocycles. The van der Waals surface area contributed by atoms with Gasteiger partial charge in [0.2, 0.25) is 0 Å². The Morgan fingerprint density at radius 3 is 2.50 bits per heavy atom. The number of hydrogen-bond donors (Lipinski definition) is 1. The molecule has 0 aliphatic carbocycles. The van der Waals surface area contributed by atoms with Gasteiger partial charge in [-0.3, -0.25) is 20.2 Å². The highest BCUT2D eigenvalue weighted by Crippen LogP contribution is 2.30. The molecule has 0 atom stereocenters. The quantitative estimate of drug-likeness (QED) is 0.193. The van der Waals surface area contributed by atoms with Crippen LogP contribution >= 0.6 is 34.8 Å². The molecule has 168 valence electrons. The Kier molecular flexibility index (Phi) is 7.96. The third kappa shape index (κ3) is 5.51. The fourth-order valence-corrected chi connectivity index (χ4v) is 4.23. The van der Waals surface area contributed by atoms with E-state index in [1.54, 1.807) is 25.1 Å². The van der Waals surface area contributed by atoms with Crippen molar-refractivity contribution in [3.05, 3.63) is 67.3 Å². The summed E-state index contributed by atoms with van der Waals surface area (Å²) in [6.07, 6.45) is 0. The standard InChI is InChI=1S/C21H21IN4O5S/c1-2-31-20(28)14-7-8-17(18(13-14)26(29)30)24-9-11-25(12-10-24)21(32)23-19(27)15-5-3-4-6-16(15)22/h3-8,13H,2,9-12H2,1H3,(H,23,27,32). The molecule has 0 spiro atoms. The zero-order chi connectivity index (χ0) is 23.3. The number of piperazine rings is 1. The van der Waals surface area contributed by atoms with Crippen LogP contribution in [0.1, 0.15) is 27.6 Å². The van der Waals surface area contributed by atoms with Gasteiger partial charge in [0.1, 0.15) is 5.69 Å². The van der Waals surface area contributed by atoms with Crippen LogP contribution in [0.3, 0.4) is 0 Å². The summed E-state index contributed by atoms with van der Waals surface area (Å²) in [5.41, 5.74) is 0.960. The average Bonchev–Trinajstić information content (AvgIpc) is 2.79. The summed E-state index contributed by atoms with van der Waals surface area (Å²) in [6, 6.07) is 11.6. The second-order valence-corrected chi connectivity index (χ2v) is 8.44. The summed E-state index contributed by atoms with van der Waals surface area (Å²) in [4.78, 5) is 39.3. The molecular weight excluding hydrogens is 547 g/mol. The Balaban J connectivity index is 1.65. The second-order valence-electron chi connectivity index (χ2n) is 6.89. The van der Waals surface area contributed by atoms with Crippen LogP contribution in [-0.2, 0) is 4.74 Å². The van der Waals surface area contributed by atoms with Gasteiger partial charge in [0.25, 0.3) is 11.6 Å². The van der Waals surface area contributed by atoms with E-state index in [1.165, 1.54) is 12.1 Å². The Morgan fingerprint density at radius 1 is 1.19 bits per heavy atom. The molecule has 1 fully saturated rings. The minimum absolute atomic E-state index is 0.139. The van der Waals surface area contributed by atoms with E-state index in [0.29, 0.717) is 42.5 Å². The summed E-state index contributed by atoms with van der Waals surface area (Å²) >= 11 is 7.50. The van der Waals surface area contributed by atoms with Crippen molar-refractivity contribution in [2.75, 3.05) is 37.7 Å². The minimum Gasteiger partial charge on any atom is -0.462 e. The van der Waals surface area contributed by atoms with Gasteiger partial charge in [0.15, 0.2) is 5.11 Å². The number of nitro benzene ring substituents is 1. The summed E-state index contributed by atoms with van der Waals surface area (Å²) in [6.45, 7) is 3.78. The monoisotopic (exact) mass is 568 g/mol. The number of ether oxygens (including phenoxy) is 1. The molecule has 0 unspecified atom stereocenters. The summed E-state index contributed by atoms with van der Waals surface area (Å²) < 4.78 is 5.76. The highest BCUT2D eigenvalue weighted by atomic mass is 127. The lowest BCUT2D eigenvalue weighted by atomic mass is 10.1. The number of nitrogens with one attached hydrogen (secondary N) is 1. The fraction of sp³-hybridized carbons (Fsp3) is 0.286. The van der Waals surface area contributed by atoms with E-state index in [0.717, 1.165) is 3.57 Å².